The Kier molecular flexibility index (Phi) is 3.34. The number of halogens is 1. The van der Waals surface area contributed by atoms with E-state index in [1.54, 1.807) is 12.1 Å². The van der Waals surface area contributed by atoms with Crippen LogP contribution in [0.4, 0.5) is 0 Å². The Morgan fingerprint density at radius 2 is 2.31 bits per heavy atom. The first-order valence-corrected chi connectivity index (χ1v) is 5.71. The van der Waals surface area contributed by atoms with Crippen LogP contribution < -0.4 is 10.1 Å². The molecule has 4 heteroatoms. The predicted molar refractivity (Wildman–Crippen MR) is 62.8 cm³/mol. The zero-order chi connectivity index (χ0) is 11.5. The van der Waals surface area contributed by atoms with Gasteiger partial charge in [0.15, 0.2) is 6.61 Å². The van der Waals surface area contributed by atoms with Gasteiger partial charge in [-0.1, -0.05) is 11.6 Å². The molecule has 3 nitrogen and oxygen atoms in total. The first-order valence-electron chi connectivity index (χ1n) is 5.33. The van der Waals surface area contributed by atoms with Crippen LogP contribution >= 0.6 is 11.6 Å². The quantitative estimate of drug-likeness (QED) is 0.876. The van der Waals surface area contributed by atoms with E-state index in [4.69, 9.17) is 16.3 Å². The van der Waals surface area contributed by atoms with Gasteiger partial charge in [0, 0.05) is 11.1 Å². The molecule has 1 aliphatic rings. The van der Waals surface area contributed by atoms with Crippen molar-refractivity contribution in [2.45, 2.75) is 25.8 Å². The van der Waals surface area contributed by atoms with Gasteiger partial charge in [0.25, 0.3) is 5.91 Å². The standard InChI is InChI=1S/C12H14ClNO2/c1-8-6-10(4-5-11(8)13)16-7-12(15)14-9-2-3-9/h4-6,9H,2-3,7H2,1H3,(H,14,15). The summed E-state index contributed by atoms with van der Waals surface area (Å²) in [5.41, 5.74) is 0.946. The molecular weight excluding hydrogens is 226 g/mol. The Labute approximate surface area is 99.7 Å². The lowest BCUT2D eigenvalue weighted by atomic mass is 10.2. The van der Waals surface area contributed by atoms with Crippen LogP contribution in [0, 0.1) is 6.92 Å². The van der Waals surface area contributed by atoms with Crippen molar-refractivity contribution in [3.63, 3.8) is 0 Å². The number of rotatable bonds is 4. The number of benzene rings is 1. The second-order valence-electron chi connectivity index (χ2n) is 4.04. The van der Waals surface area contributed by atoms with Crippen LogP contribution in [-0.4, -0.2) is 18.6 Å². The molecule has 0 spiro atoms. The Balaban J connectivity index is 1.83. The average molecular weight is 240 g/mol. The number of aryl methyl sites for hydroxylation is 1. The normalized spacial score (nSPS) is 14.6. The van der Waals surface area contributed by atoms with E-state index in [9.17, 15) is 4.79 Å². The highest BCUT2D eigenvalue weighted by atomic mass is 35.5. The molecule has 16 heavy (non-hydrogen) atoms. The highest BCUT2D eigenvalue weighted by Crippen LogP contribution is 2.21. The molecule has 0 radical (unpaired) electrons. The molecular formula is C12H14ClNO2. The molecule has 86 valence electrons. The number of nitrogens with one attached hydrogen (secondary N) is 1. The maximum Gasteiger partial charge on any atom is 0.258 e. The summed E-state index contributed by atoms with van der Waals surface area (Å²) in [5, 5.41) is 3.56. The molecule has 0 aromatic heterocycles. The minimum atomic E-state index is -0.0601. The summed E-state index contributed by atoms with van der Waals surface area (Å²) in [4.78, 5) is 11.4. The van der Waals surface area contributed by atoms with Gasteiger partial charge in [-0.05, 0) is 43.5 Å². The third-order valence-electron chi connectivity index (χ3n) is 2.44. The van der Waals surface area contributed by atoms with Crippen molar-refractivity contribution in [2.24, 2.45) is 0 Å². The van der Waals surface area contributed by atoms with Gasteiger partial charge in [-0.2, -0.15) is 0 Å². The van der Waals surface area contributed by atoms with E-state index >= 15 is 0 Å². The summed E-state index contributed by atoms with van der Waals surface area (Å²) in [6.07, 6.45) is 2.18. The minimum absolute atomic E-state index is 0.0601. The predicted octanol–water partition coefficient (Wildman–Crippen LogP) is 2.31. The second-order valence-corrected chi connectivity index (χ2v) is 4.45. The molecule has 1 amide bonds. The molecule has 1 aromatic rings. The molecule has 2 rings (SSSR count). The lowest BCUT2D eigenvalue weighted by molar-refractivity contribution is -0.123. The first-order chi connectivity index (χ1) is 7.65. The van der Waals surface area contributed by atoms with Crippen molar-refractivity contribution < 1.29 is 9.53 Å². The molecule has 1 fully saturated rings. The molecule has 0 unspecified atom stereocenters. The van der Waals surface area contributed by atoms with Gasteiger partial charge in [0.05, 0.1) is 0 Å². The maximum atomic E-state index is 11.4. The van der Waals surface area contributed by atoms with Gasteiger partial charge in [-0.25, -0.2) is 0 Å². The zero-order valence-electron chi connectivity index (χ0n) is 9.13. The van der Waals surface area contributed by atoms with Crippen LogP contribution in [0.1, 0.15) is 18.4 Å². The number of carbonyl (C=O) groups excluding carboxylic acids is 1. The third-order valence-corrected chi connectivity index (χ3v) is 2.87. The van der Waals surface area contributed by atoms with Crippen LogP contribution in [0.5, 0.6) is 5.75 Å². The lowest BCUT2D eigenvalue weighted by Gasteiger charge is -2.07. The van der Waals surface area contributed by atoms with Crippen LogP contribution in [0.15, 0.2) is 18.2 Å². The van der Waals surface area contributed by atoms with Gasteiger partial charge in [-0.15, -0.1) is 0 Å². The molecule has 0 saturated heterocycles. The van der Waals surface area contributed by atoms with Crippen molar-refractivity contribution >= 4 is 17.5 Å². The van der Waals surface area contributed by atoms with Crippen molar-refractivity contribution in [3.05, 3.63) is 28.8 Å². The van der Waals surface area contributed by atoms with E-state index in [0.717, 1.165) is 18.4 Å². The summed E-state index contributed by atoms with van der Waals surface area (Å²) >= 11 is 5.89. The minimum Gasteiger partial charge on any atom is -0.484 e. The first kappa shape index (κ1) is 11.3. The van der Waals surface area contributed by atoms with E-state index in [1.165, 1.54) is 0 Å². The topological polar surface area (TPSA) is 38.3 Å². The number of carbonyl (C=O) groups is 1. The molecule has 0 aliphatic heterocycles. The number of ether oxygens (including phenoxy) is 1. The summed E-state index contributed by atoms with van der Waals surface area (Å²) in [5.74, 6) is 0.614. The Morgan fingerprint density at radius 1 is 1.56 bits per heavy atom. The highest BCUT2D eigenvalue weighted by molar-refractivity contribution is 6.31. The largest absolute Gasteiger partial charge is 0.484 e. The van der Waals surface area contributed by atoms with E-state index in [2.05, 4.69) is 5.32 Å². The Morgan fingerprint density at radius 3 is 2.94 bits per heavy atom. The molecule has 0 bridgehead atoms. The Hall–Kier alpha value is -1.22. The summed E-state index contributed by atoms with van der Waals surface area (Å²) in [6, 6.07) is 5.74. The van der Waals surface area contributed by atoms with E-state index in [-0.39, 0.29) is 12.5 Å². The molecule has 1 aliphatic carbocycles. The molecule has 0 atom stereocenters. The monoisotopic (exact) mass is 239 g/mol. The second kappa shape index (κ2) is 4.74. The third kappa shape index (κ3) is 3.14. The van der Waals surface area contributed by atoms with E-state index in [0.29, 0.717) is 16.8 Å². The van der Waals surface area contributed by atoms with Crippen molar-refractivity contribution in [1.82, 2.24) is 5.32 Å². The smallest absolute Gasteiger partial charge is 0.258 e. The van der Waals surface area contributed by atoms with E-state index < -0.39 is 0 Å². The maximum absolute atomic E-state index is 11.4. The SMILES string of the molecule is Cc1cc(OCC(=O)NC2CC2)ccc1Cl. The van der Waals surface area contributed by atoms with Crippen molar-refractivity contribution in [3.8, 4) is 5.75 Å². The fraction of sp³-hybridized carbons (Fsp3) is 0.417. The molecule has 1 saturated carbocycles. The van der Waals surface area contributed by atoms with Gasteiger partial charge in [-0.3, -0.25) is 4.79 Å². The van der Waals surface area contributed by atoms with Crippen LogP contribution in [0.3, 0.4) is 0 Å². The van der Waals surface area contributed by atoms with Crippen LogP contribution in [-0.2, 0) is 4.79 Å². The summed E-state index contributed by atoms with van der Waals surface area (Å²) in [7, 11) is 0. The van der Waals surface area contributed by atoms with Crippen LogP contribution in [0.2, 0.25) is 5.02 Å². The molecule has 1 aromatic carbocycles. The lowest BCUT2D eigenvalue weighted by Crippen LogP contribution is -2.30. The number of hydrogen-bond donors (Lipinski definition) is 1. The van der Waals surface area contributed by atoms with E-state index in [1.807, 2.05) is 13.0 Å². The van der Waals surface area contributed by atoms with Gasteiger partial charge in [0.1, 0.15) is 5.75 Å². The molecule has 1 N–H and O–H groups in total. The van der Waals surface area contributed by atoms with Crippen LogP contribution in [0.25, 0.3) is 0 Å². The van der Waals surface area contributed by atoms with Gasteiger partial charge < -0.3 is 10.1 Å². The van der Waals surface area contributed by atoms with Crippen molar-refractivity contribution in [2.75, 3.05) is 6.61 Å². The number of amides is 1. The van der Waals surface area contributed by atoms with Gasteiger partial charge in [0.2, 0.25) is 0 Å². The number of hydrogen-bond acceptors (Lipinski definition) is 2. The van der Waals surface area contributed by atoms with Crippen molar-refractivity contribution in [1.29, 1.82) is 0 Å². The van der Waals surface area contributed by atoms with Gasteiger partial charge >= 0.3 is 0 Å². The summed E-state index contributed by atoms with van der Waals surface area (Å²) < 4.78 is 5.36. The highest BCUT2D eigenvalue weighted by Gasteiger charge is 2.23. The fourth-order valence-electron chi connectivity index (χ4n) is 1.35. The zero-order valence-corrected chi connectivity index (χ0v) is 9.88. The Bertz CT molecular complexity index is 402. The fourth-order valence-corrected chi connectivity index (χ4v) is 1.47. The summed E-state index contributed by atoms with van der Waals surface area (Å²) in [6.45, 7) is 1.97. The molecule has 0 heterocycles. The average Bonchev–Trinajstić information content (AvgIpc) is 3.04.